The van der Waals surface area contributed by atoms with Crippen molar-refractivity contribution in [3.63, 3.8) is 0 Å². The molecule has 9 heteroatoms. The predicted molar refractivity (Wildman–Crippen MR) is 76.2 cm³/mol. The second kappa shape index (κ2) is 5.59. The fourth-order valence-corrected chi connectivity index (χ4v) is 2.15. The second-order valence-corrected chi connectivity index (χ2v) is 5.17. The molecule has 0 bridgehead atoms. The molecule has 0 saturated heterocycles. The van der Waals surface area contributed by atoms with Gasteiger partial charge in [0.25, 0.3) is 11.2 Å². The number of aromatic nitrogens is 2. The Kier molecular flexibility index (Phi) is 4.05. The Morgan fingerprint density at radius 2 is 2.10 bits per heavy atom. The average molecular weight is 361 g/mol. The van der Waals surface area contributed by atoms with Crippen molar-refractivity contribution < 1.29 is 4.92 Å². The maximum atomic E-state index is 11.6. The molecule has 0 amide bonds. The molecule has 1 aromatic carbocycles. The van der Waals surface area contributed by atoms with E-state index in [9.17, 15) is 19.7 Å². The molecule has 1 aromatic heterocycles. The summed E-state index contributed by atoms with van der Waals surface area (Å²) in [5, 5.41) is 10.7. The largest absolute Gasteiger partial charge is 0.328 e. The van der Waals surface area contributed by atoms with Crippen LogP contribution in [-0.2, 0) is 6.54 Å². The summed E-state index contributed by atoms with van der Waals surface area (Å²) in [6.45, 7) is 0.0590. The highest BCUT2D eigenvalue weighted by molar-refractivity contribution is 9.10. The number of halogens is 2. The minimum atomic E-state index is -0.672. The van der Waals surface area contributed by atoms with Crippen molar-refractivity contribution in [3.8, 4) is 0 Å². The first-order chi connectivity index (χ1) is 9.38. The summed E-state index contributed by atoms with van der Waals surface area (Å²) >= 11 is 8.71. The molecule has 0 aliphatic rings. The Balaban J connectivity index is 2.43. The Morgan fingerprint density at radius 1 is 1.40 bits per heavy atom. The van der Waals surface area contributed by atoms with Crippen molar-refractivity contribution in [2.45, 2.75) is 6.54 Å². The van der Waals surface area contributed by atoms with Crippen molar-refractivity contribution in [1.29, 1.82) is 0 Å². The number of rotatable bonds is 3. The van der Waals surface area contributed by atoms with Gasteiger partial charge >= 0.3 is 5.69 Å². The van der Waals surface area contributed by atoms with E-state index in [2.05, 4.69) is 20.9 Å². The second-order valence-electron chi connectivity index (χ2n) is 3.91. The van der Waals surface area contributed by atoms with Crippen molar-refractivity contribution in [1.82, 2.24) is 9.55 Å². The standard InChI is InChI=1S/C11H7BrClN3O4/c12-7-2-1-6(3-9(7)16(19)20)4-15-5-8(13)10(17)14-11(15)18/h1-3,5H,4H2,(H,14,17,18). The van der Waals surface area contributed by atoms with Crippen molar-refractivity contribution in [2.75, 3.05) is 0 Å². The Hall–Kier alpha value is -1.93. The zero-order chi connectivity index (χ0) is 14.9. The quantitative estimate of drug-likeness (QED) is 0.667. The summed E-state index contributed by atoms with van der Waals surface area (Å²) in [5.74, 6) is 0. The van der Waals surface area contributed by atoms with E-state index >= 15 is 0 Å². The van der Waals surface area contributed by atoms with Crippen LogP contribution in [-0.4, -0.2) is 14.5 Å². The van der Waals surface area contributed by atoms with Gasteiger partial charge in [0.15, 0.2) is 0 Å². The highest BCUT2D eigenvalue weighted by Crippen LogP contribution is 2.25. The lowest BCUT2D eigenvalue weighted by Crippen LogP contribution is -2.29. The Bertz CT molecular complexity index is 799. The topological polar surface area (TPSA) is 98.0 Å². The molecule has 1 heterocycles. The molecule has 104 valence electrons. The van der Waals surface area contributed by atoms with Crippen LogP contribution in [0.2, 0.25) is 5.02 Å². The molecule has 0 saturated carbocycles. The first-order valence-electron chi connectivity index (χ1n) is 5.30. The monoisotopic (exact) mass is 359 g/mol. The molecule has 7 nitrogen and oxygen atoms in total. The Labute approximate surface area is 125 Å². The van der Waals surface area contributed by atoms with E-state index in [1.807, 2.05) is 0 Å². The number of H-pyrrole nitrogens is 1. The minimum Gasteiger partial charge on any atom is -0.295 e. The van der Waals surface area contributed by atoms with E-state index in [-0.39, 0.29) is 17.3 Å². The molecule has 20 heavy (non-hydrogen) atoms. The predicted octanol–water partition coefficient (Wildman–Crippen LogP) is 1.91. The Morgan fingerprint density at radius 3 is 2.75 bits per heavy atom. The van der Waals surface area contributed by atoms with Gasteiger partial charge in [-0.2, -0.15) is 0 Å². The number of hydrogen-bond acceptors (Lipinski definition) is 4. The van der Waals surface area contributed by atoms with E-state index in [0.717, 1.165) is 4.57 Å². The molecular formula is C11H7BrClN3O4. The number of benzene rings is 1. The summed E-state index contributed by atoms with van der Waals surface area (Å²) in [7, 11) is 0. The molecule has 0 aliphatic carbocycles. The normalized spacial score (nSPS) is 10.5. The first kappa shape index (κ1) is 14.5. The zero-order valence-corrected chi connectivity index (χ0v) is 12.1. The number of nitrogens with zero attached hydrogens (tertiary/aromatic N) is 2. The molecule has 1 N–H and O–H groups in total. The van der Waals surface area contributed by atoms with E-state index in [4.69, 9.17) is 11.6 Å². The fourth-order valence-electron chi connectivity index (χ4n) is 1.59. The summed E-state index contributed by atoms with van der Waals surface area (Å²) in [4.78, 5) is 35.1. The van der Waals surface area contributed by atoms with Crippen molar-refractivity contribution in [3.05, 3.63) is 70.4 Å². The number of nitrogens with one attached hydrogen (secondary N) is 1. The van der Waals surface area contributed by atoms with Crippen LogP contribution in [0.4, 0.5) is 5.69 Å². The highest BCUT2D eigenvalue weighted by atomic mass is 79.9. The molecule has 0 atom stereocenters. The third-order valence-corrected chi connectivity index (χ3v) is 3.47. The molecule has 2 aromatic rings. The van der Waals surface area contributed by atoms with Crippen molar-refractivity contribution >= 4 is 33.2 Å². The smallest absolute Gasteiger partial charge is 0.295 e. The lowest BCUT2D eigenvalue weighted by atomic mass is 10.2. The minimum absolute atomic E-state index is 0.0590. The number of hydrogen-bond donors (Lipinski definition) is 1. The number of nitro groups is 1. The van der Waals surface area contributed by atoms with E-state index in [0.29, 0.717) is 10.0 Å². The van der Waals surface area contributed by atoms with Gasteiger partial charge in [-0.05, 0) is 27.6 Å². The van der Waals surface area contributed by atoms with Gasteiger partial charge in [-0.15, -0.1) is 0 Å². The van der Waals surface area contributed by atoms with Crippen LogP contribution in [0.25, 0.3) is 0 Å². The number of aromatic amines is 1. The molecule has 0 unspecified atom stereocenters. The SMILES string of the molecule is O=c1[nH]c(=O)n(Cc2ccc(Br)c([N+](=O)[O-])c2)cc1Cl. The lowest BCUT2D eigenvalue weighted by Gasteiger charge is -2.06. The van der Waals surface area contributed by atoms with Crippen LogP contribution >= 0.6 is 27.5 Å². The molecule has 2 rings (SSSR count). The third-order valence-electron chi connectivity index (χ3n) is 2.53. The van der Waals surface area contributed by atoms with Gasteiger partial charge < -0.3 is 0 Å². The summed E-state index contributed by atoms with van der Waals surface area (Å²) in [5.41, 5.74) is -0.879. The third kappa shape index (κ3) is 2.97. The van der Waals surface area contributed by atoms with Gasteiger partial charge in [0.2, 0.25) is 0 Å². The van der Waals surface area contributed by atoms with E-state index in [1.165, 1.54) is 18.3 Å². The lowest BCUT2D eigenvalue weighted by molar-refractivity contribution is -0.385. The average Bonchev–Trinajstić information content (AvgIpc) is 2.37. The highest BCUT2D eigenvalue weighted by Gasteiger charge is 2.13. The van der Waals surface area contributed by atoms with Gasteiger partial charge in [-0.25, -0.2) is 4.79 Å². The van der Waals surface area contributed by atoms with Crippen LogP contribution in [0.1, 0.15) is 5.56 Å². The van der Waals surface area contributed by atoms with Crippen LogP contribution in [0.15, 0.2) is 38.5 Å². The summed E-state index contributed by atoms with van der Waals surface area (Å²) in [6.07, 6.45) is 1.19. The van der Waals surface area contributed by atoms with Gasteiger partial charge in [-0.1, -0.05) is 17.7 Å². The molecule has 0 aliphatic heterocycles. The molecule has 0 radical (unpaired) electrons. The molecule has 0 spiro atoms. The van der Waals surface area contributed by atoms with Crippen LogP contribution in [0, 0.1) is 10.1 Å². The molecule has 0 fully saturated rings. The maximum absolute atomic E-state index is 11.6. The van der Waals surface area contributed by atoms with Crippen molar-refractivity contribution in [2.24, 2.45) is 0 Å². The summed E-state index contributed by atoms with van der Waals surface area (Å²) < 4.78 is 1.51. The first-order valence-corrected chi connectivity index (χ1v) is 6.47. The van der Waals surface area contributed by atoms with Gasteiger partial charge in [-0.3, -0.25) is 24.5 Å². The van der Waals surface area contributed by atoms with E-state index < -0.39 is 16.2 Å². The molecular weight excluding hydrogens is 353 g/mol. The van der Waals surface area contributed by atoms with Gasteiger partial charge in [0.1, 0.15) is 5.02 Å². The summed E-state index contributed by atoms with van der Waals surface area (Å²) in [6, 6.07) is 4.49. The van der Waals surface area contributed by atoms with Crippen LogP contribution in [0.5, 0.6) is 0 Å². The zero-order valence-electron chi connectivity index (χ0n) is 9.80. The van der Waals surface area contributed by atoms with Gasteiger partial charge in [0, 0.05) is 12.3 Å². The fraction of sp³-hybridized carbons (Fsp3) is 0.0909. The van der Waals surface area contributed by atoms with Gasteiger partial charge in [0.05, 0.1) is 15.9 Å². The van der Waals surface area contributed by atoms with Crippen LogP contribution in [0.3, 0.4) is 0 Å². The van der Waals surface area contributed by atoms with E-state index in [1.54, 1.807) is 6.07 Å². The maximum Gasteiger partial charge on any atom is 0.328 e. The van der Waals surface area contributed by atoms with Crippen LogP contribution < -0.4 is 11.2 Å². The number of nitro benzene ring substituents is 1.